The van der Waals surface area contributed by atoms with Gasteiger partial charge in [0.1, 0.15) is 0 Å². The molecule has 2 nitrogen and oxygen atoms in total. The van der Waals surface area contributed by atoms with E-state index in [1.54, 1.807) is 29.5 Å². The molecule has 1 N–H and O–H groups in total. The van der Waals surface area contributed by atoms with Gasteiger partial charge in [0.05, 0.1) is 0 Å². The van der Waals surface area contributed by atoms with Gasteiger partial charge in [0.25, 0.3) is 5.91 Å². The molecule has 0 saturated carbocycles. The highest BCUT2D eigenvalue weighted by Crippen LogP contribution is 2.18. The van der Waals surface area contributed by atoms with E-state index in [0.717, 1.165) is 6.42 Å². The highest BCUT2D eigenvalue weighted by atomic mass is 35.5. The Morgan fingerprint density at radius 3 is 2.56 bits per heavy atom. The van der Waals surface area contributed by atoms with Crippen LogP contribution in [0, 0.1) is 0 Å². The van der Waals surface area contributed by atoms with Gasteiger partial charge >= 0.3 is 0 Å². The number of halogens is 2. The number of benzene rings is 1. The normalized spacial score (nSPS) is 10.3. The van der Waals surface area contributed by atoms with Gasteiger partial charge in [-0.3, -0.25) is 4.79 Å². The first kappa shape index (κ1) is 13.4. The fraction of sp³-hybridized carbons (Fsp3) is 0.154. The van der Waals surface area contributed by atoms with Crippen LogP contribution >= 0.6 is 34.5 Å². The third kappa shape index (κ3) is 3.73. The average molecular weight is 300 g/mol. The van der Waals surface area contributed by atoms with Gasteiger partial charge in [0.15, 0.2) is 0 Å². The summed E-state index contributed by atoms with van der Waals surface area (Å²) in [7, 11) is 0. The van der Waals surface area contributed by atoms with Crippen LogP contribution in [0.3, 0.4) is 0 Å². The highest BCUT2D eigenvalue weighted by molar-refractivity contribution is 7.07. The van der Waals surface area contributed by atoms with Crippen molar-refractivity contribution >= 4 is 40.4 Å². The van der Waals surface area contributed by atoms with Crippen LogP contribution in [0.25, 0.3) is 0 Å². The van der Waals surface area contributed by atoms with Crippen LogP contribution < -0.4 is 5.32 Å². The number of carbonyl (C=O) groups excluding carboxylic acids is 1. The van der Waals surface area contributed by atoms with E-state index < -0.39 is 0 Å². The number of hydrogen-bond donors (Lipinski definition) is 1. The Hall–Kier alpha value is -1.03. The maximum absolute atomic E-state index is 11.9. The Kier molecular flexibility index (Phi) is 4.64. The molecule has 2 aromatic rings. The number of carbonyl (C=O) groups is 1. The first-order valence-corrected chi connectivity index (χ1v) is 7.10. The summed E-state index contributed by atoms with van der Waals surface area (Å²) >= 11 is 13.3. The number of hydrogen-bond acceptors (Lipinski definition) is 2. The lowest BCUT2D eigenvalue weighted by atomic mass is 10.2. The first-order chi connectivity index (χ1) is 8.65. The van der Waals surface area contributed by atoms with E-state index in [-0.39, 0.29) is 5.91 Å². The summed E-state index contributed by atoms with van der Waals surface area (Å²) in [5, 5.41) is 7.86. The summed E-state index contributed by atoms with van der Waals surface area (Å²) in [5.74, 6) is -0.158. The van der Waals surface area contributed by atoms with Gasteiger partial charge in [-0.25, -0.2) is 0 Å². The molecule has 18 heavy (non-hydrogen) atoms. The van der Waals surface area contributed by atoms with Crippen molar-refractivity contribution in [3.63, 3.8) is 0 Å². The molecular formula is C13H11Cl2NOS. The minimum Gasteiger partial charge on any atom is -0.352 e. The molecule has 0 spiro atoms. The van der Waals surface area contributed by atoms with Gasteiger partial charge in [-0.15, -0.1) is 0 Å². The van der Waals surface area contributed by atoms with Crippen LogP contribution in [-0.4, -0.2) is 12.5 Å². The van der Waals surface area contributed by atoms with E-state index in [0.29, 0.717) is 22.2 Å². The zero-order valence-electron chi connectivity index (χ0n) is 9.45. The minimum atomic E-state index is -0.158. The second kappa shape index (κ2) is 6.23. The predicted octanol–water partition coefficient (Wildman–Crippen LogP) is 4.03. The summed E-state index contributed by atoms with van der Waals surface area (Å²) in [4.78, 5) is 11.9. The molecule has 1 heterocycles. The van der Waals surface area contributed by atoms with Gasteiger partial charge < -0.3 is 5.32 Å². The van der Waals surface area contributed by atoms with E-state index in [4.69, 9.17) is 23.2 Å². The number of amides is 1. The van der Waals surface area contributed by atoms with E-state index in [1.165, 1.54) is 5.56 Å². The van der Waals surface area contributed by atoms with Crippen LogP contribution in [-0.2, 0) is 6.42 Å². The van der Waals surface area contributed by atoms with Gasteiger partial charge in [-0.05, 0) is 47.0 Å². The minimum absolute atomic E-state index is 0.158. The SMILES string of the molecule is O=C(NCCc1ccsc1)c1cc(Cl)cc(Cl)c1. The molecule has 0 aliphatic rings. The molecule has 0 aliphatic heterocycles. The fourth-order valence-electron chi connectivity index (χ4n) is 1.54. The number of thiophene rings is 1. The lowest BCUT2D eigenvalue weighted by Gasteiger charge is -2.05. The van der Waals surface area contributed by atoms with Crippen molar-refractivity contribution in [1.29, 1.82) is 0 Å². The maximum atomic E-state index is 11.9. The largest absolute Gasteiger partial charge is 0.352 e. The van der Waals surface area contributed by atoms with Crippen molar-refractivity contribution in [3.05, 3.63) is 56.2 Å². The molecule has 0 fully saturated rings. The Labute approximate surface area is 120 Å². The van der Waals surface area contributed by atoms with Crippen molar-refractivity contribution in [2.24, 2.45) is 0 Å². The van der Waals surface area contributed by atoms with E-state index in [2.05, 4.69) is 10.7 Å². The van der Waals surface area contributed by atoms with Crippen molar-refractivity contribution in [2.45, 2.75) is 6.42 Å². The van der Waals surface area contributed by atoms with Crippen LogP contribution in [0.5, 0.6) is 0 Å². The molecule has 0 radical (unpaired) electrons. The molecule has 2 rings (SSSR count). The second-order valence-electron chi connectivity index (χ2n) is 3.80. The quantitative estimate of drug-likeness (QED) is 0.907. The van der Waals surface area contributed by atoms with Gasteiger partial charge in [-0.1, -0.05) is 23.2 Å². The molecule has 0 bridgehead atoms. The average Bonchev–Trinajstić information content (AvgIpc) is 2.80. The van der Waals surface area contributed by atoms with Gasteiger partial charge in [-0.2, -0.15) is 11.3 Å². The van der Waals surface area contributed by atoms with Crippen LogP contribution in [0.1, 0.15) is 15.9 Å². The predicted molar refractivity (Wildman–Crippen MR) is 76.8 cm³/mol. The van der Waals surface area contributed by atoms with Crippen LogP contribution in [0.2, 0.25) is 10.0 Å². The van der Waals surface area contributed by atoms with Crippen molar-refractivity contribution in [3.8, 4) is 0 Å². The Morgan fingerprint density at radius 2 is 1.94 bits per heavy atom. The van der Waals surface area contributed by atoms with Crippen molar-refractivity contribution in [1.82, 2.24) is 5.32 Å². The van der Waals surface area contributed by atoms with Gasteiger partial charge in [0, 0.05) is 22.2 Å². The molecule has 0 unspecified atom stereocenters. The Balaban J connectivity index is 1.91. The summed E-state index contributed by atoms with van der Waals surface area (Å²) in [6.45, 7) is 0.597. The third-order valence-corrected chi connectivity index (χ3v) is 3.57. The van der Waals surface area contributed by atoms with Crippen molar-refractivity contribution in [2.75, 3.05) is 6.54 Å². The highest BCUT2D eigenvalue weighted by Gasteiger charge is 2.07. The van der Waals surface area contributed by atoms with Crippen LogP contribution in [0.15, 0.2) is 35.0 Å². The Morgan fingerprint density at radius 1 is 1.22 bits per heavy atom. The molecule has 94 valence electrons. The first-order valence-electron chi connectivity index (χ1n) is 5.40. The zero-order valence-corrected chi connectivity index (χ0v) is 11.8. The second-order valence-corrected chi connectivity index (χ2v) is 5.45. The molecular weight excluding hydrogens is 289 g/mol. The van der Waals surface area contributed by atoms with Crippen molar-refractivity contribution < 1.29 is 4.79 Å². The molecule has 1 aromatic heterocycles. The molecule has 0 atom stereocenters. The summed E-state index contributed by atoms with van der Waals surface area (Å²) in [5.41, 5.74) is 1.71. The summed E-state index contributed by atoms with van der Waals surface area (Å²) in [6, 6.07) is 6.86. The standard InChI is InChI=1S/C13H11Cl2NOS/c14-11-5-10(6-12(15)7-11)13(17)16-3-1-9-2-4-18-8-9/h2,4-8H,1,3H2,(H,16,17). The fourth-order valence-corrected chi connectivity index (χ4v) is 2.77. The van der Waals surface area contributed by atoms with E-state index in [9.17, 15) is 4.79 Å². The van der Waals surface area contributed by atoms with E-state index in [1.807, 2.05) is 11.4 Å². The molecule has 1 aromatic carbocycles. The molecule has 1 amide bonds. The van der Waals surface area contributed by atoms with Crippen LogP contribution in [0.4, 0.5) is 0 Å². The monoisotopic (exact) mass is 299 g/mol. The number of rotatable bonds is 4. The van der Waals surface area contributed by atoms with E-state index >= 15 is 0 Å². The third-order valence-electron chi connectivity index (χ3n) is 2.40. The lowest BCUT2D eigenvalue weighted by molar-refractivity contribution is 0.0954. The lowest BCUT2D eigenvalue weighted by Crippen LogP contribution is -2.25. The smallest absolute Gasteiger partial charge is 0.251 e. The summed E-state index contributed by atoms with van der Waals surface area (Å²) < 4.78 is 0. The summed E-state index contributed by atoms with van der Waals surface area (Å²) in [6.07, 6.45) is 0.823. The number of nitrogens with one attached hydrogen (secondary N) is 1. The Bertz CT molecular complexity index is 520. The van der Waals surface area contributed by atoms with Gasteiger partial charge in [0.2, 0.25) is 0 Å². The molecule has 5 heteroatoms. The zero-order chi connectivity index (χ0) is 13.0. The topological polar surface area (TPSA) is 29.1 Å². The molecule has 0 saturated heterocycles. The molecule has 0 aliphatic carbocycles. The maximum Gasteiger partial charge on any atom is 0.251 e.